The van der Waals surface area contributed by atoms with E-state index in [0.29, 0.717) is 23.0 Å². The fourth-order valence-electron chi connectivity index (χ4n) is 3.33. The van der Waals surface area contributed by atoms with Crippen molar-refractivity contribution in [3.63, 3.8) is 0 Å². The summed E-state index contributed by atoms with van der Waals surface area (Å²) in [7, 11) is -1.45. The molecule has 9 heteroatoms. The molecule has 0 saturated heterocycles. The average molecular weight is 466 g/mol. The molecule has 0 fully saturated rings. The number of nitrogens with one attached hydrogen (secondary N) is 1. The molecule has 8 nitrogen and oxygen atoms in total. The fourth-order valence-corrected chi connectivity index (χ4v) is 4.39. The molecule has 1 N–H and O–H groups in total. The van der Waals surface area contributed by atoms with Crippen molar-refractivity contribution in [2.75, 3.05) is 7.05 Å². The Labute approximate surface area is 194 Å². The van der Waals surface area contributed by atoms with E-state index in [0.717, 1.165) is 23.2 Å². The van der Waals surface area contributed by atoms with Gasteiger partial charge in [-0.05, 0) is 57.6 Å². The van der Waals surface area contributed by atoms with Crippen molar-refractivity contribution in [1.82, 2.24) is 25.5 Å². The van der Waals surface area contributed by atoms with Gasteiger partial charge in [-0.1, -0.05) is 24.3 Å². The van der Waals surface area contributed by atoms with E-state index in [4.69, 9.17) is 4.42 Å². The Morgan fingerprint density at radius 2 is 1.76 bits per heavy atom. The number of sulfone groups is 1. The van der Waals surface area contributed by atoms with Crippen molar-refractivity contribution >= 4 is 9.84 Å². The van der Waals surface area contributed by atoms with Gasteiger partial charge >= 0.3 is 0 Å². The summed E-state index contributed by atoms with van der Waals surface area (Å²) in [5.41, 5.74) is 4.39. The van der Waals surface area contributed by atoms with Crippen LogP contribution in [0.25, 0.3) is 34.3 Å². The lowest BCUT2D eigenvalue weighted by Gasteiger charge is -2.09. The van der Waals surface area contributed by atoms with Crippen LogP contribution in [-0.4, -0.2) is 40.9 Å². The number of hydrogen-bond donors (Lipinski definition) is 1. The minimum Gasteiger partial charge on any atom is -0.415 e. The summed E-state index contributed by atoms with van der Waals surface area (Å²) in [4.78, 5) is 9.39. The molecule has 0 unspecified atom stereocenters. The highest BCUT2D eigenvalue weighted by molar-refractivity contribution is 7.92. The zero-order valence-corrected chi connectivity index (χ0v) is 19.7. The minimum atomic E-state index is -3.34. The van der Waals surface area contributed by atoms with E-state index in [1.165, 1.54) is 0 Å². The summed E-state index contributed by atoms with van der Waals surface area (Å²) in [5.74, 6) is 0.674. The third kappa shape index (κ3) is 4.69. The highest BCUT2D eigenvalue weighted by Gasteiger charge is 2.20. The lowest BCUT2D eigenvalue weighted by molar-refractivity contribution is 0.581. The molecule has 2 aromatic heterocycles. The maximum Gasteiger partial charge on any atom is 0.268 e. The van der Waals surface area contributed by atoms with Gasteiger partial charge in [0.15, 0.2) is 9.84 Å². The minimum absolute atomic E-state index is 0. The summed E-state index contributed by atoms with van der Waals surface area (Å²) >= 11 is 0. The summed E-state index contributed by atoms with van der Waals surface area (Å²) < 4.78 is 30.7. The first-order valence-electron chi connectivity index (χ1n) is 10.6. The number of benzene rings is 2. The van der Waals surface area contributed by atoms with Crippen molar-refractivity contribution in [3.05, 3.63) is 66.0 Å². The molecular formula is C24H27N5O3S. The third-order valence-corrected chi connectivity index (χ3v) is 7.41. The van der Waals surface area contributed by atoms with Gasteiger partial charge in [0.25, 0.3) is 5.89 Å². The smallest absolute Gasteiger partial charge is 0.268 e. The summed E-state index contributed by atoms with van der Waals surface area (Å²) in [6.45, 7) is 5.88. The molecule has 0 spiro atoms. The molecule has 4 rings (SSSR count). The Hall–Kier alpha value is -3.43. The fraction of sp³-hybridized carbons (Fsp3) is 0.250. The SMILES string of the molecule is CNCc1cccc(-c2nnc(-c3nc(-c4ccc(S(=O)(=O)C(C)C)cc4)cnc3C)o2)c1.[HH]. The second kappa shape index (κ2) is 9.21. The normalized spacial score (nSPS) is 11.8. The zero-order chi connectivity index (χ0) is 23.6. The standard InChI is InChI=1S/C24H25N5O3S.H2/c1-15(2)33(30,31)20-10-8-18(9-11-20)21-14-26-16(3)22(27-21)24-29-28-23(32-24)19-7-5-6-17(12-19)13-25-4;/h5-12,14-15,25H,13H2,1-4H3;1H. The second-order valence-corrected chi connectivity index (χ2v) is 10.5. The van der Waals surface area contributed by atoms with Gasteiger partial charge in [0.05, 0.1) is 27.7 Å². The Kier molecular flexibility index (Phi) is 6.35. The maximum absolute atomic E-state index is 12.4. The van der Waals surface area contributed by atoms with Gasteiger partial charge in [-0.2, -0.15) is 0 Å². The molecule has 0 saturated carbocycles. The van der Waals surface area contributed by atoms with Gasteiger partial charge in [-0.15, -0.1) is 10.2 Å². The van der Waals surface area contributed by atoms with Crippen LogP contribution in [0.3, 0.4) is 0 Å². The lowest BCUT2D eigenvalue weighted by atomic mass is 10.1. The number of nitrogens with zero attached hydrogens (tertiary/aromatic N) is 4. The van der Waals surface area contributed by atoms with Crippen LogP contribution in [0.5, 0.6) is 0 Å². The first kappa shape index (κ1) is 22.8. The molecule has 2 heterocycles. The number of aromatic nitrogens is 4. The van der Waals surface area contributed by atoms with E-state index in [2.05, 4.69) is 25.5 Å². The molecule has 0 bridgehead atoms. The highest BCUT2D eigenvalue weighted by Crippen LogP contribution is 2.28. The first-order valence-corrected chi connectivity index (χ1v) is 12.1. The van der Waals surface area contributed by atoms with Crippen LogP contribution in [0.1, 0.15) is 26.5 Å². The Morgan fingerprint density at radius 1 is 1.03 bits per heavy atom. The summed E-state index contributed by atoms with van der Waals surface area (Å²) in [5, 5.41) is 11.0. The van der Waals surface area contributed by atoms with Gasteiger partial charge in [0.2, 0.25) is 5.89 Å². The third-order valence-electron chi connectivity index (χ3n) is 5.24. The highest BCUT2D eigenvalue weighted by atomic mass is 32.2. The maximum atomic E-state index is 12.4. The van der Waals surface area contributed by atoms with Gasteiger partial charge in [-0.25, -0.2) is 13.4 Å². The van der Waals surface area contributed by atoms with Crippen LogP contribution in [-0.2, 0) is 16.4 Å². The quantitative estimate of drug-likeness (QED) is 0.430. The van der Waals surface area contributed by atoms with E-state index in [1.807, 2.05) is 38.2 Å². The van der Waals surface area contributed by atoms with Crippen molar-refractivity contribution in [3.8, 4) is 34.3 Å². The monoisotopic (exact) mass is 465 g/mol. The van der Waals surface area contributed by atoms with Crippen molar-refractivity contribution in [1.29, 1.82) is 0 Å². The summed E-state index contributed by atoms with van der Waals surface area (Å²) in [6.07, 6.45) is 1.64. The lowest BCUT2D eigenvalue weighted by Crippen LogP contribution is -2.13. The molecule has 0 aliphatic heterocycles. The first-order chi connectivity index (χ1) is 15.8. The Morgan fingerprint density at radius 3 is 2.45 bits per heavy atom. The van der Waals surface area contributed by atoms with Crippen molar-refractivity contribution < 1.29 is 14.3 Å². The molecule has 0 aliphatic rings. The molecule has 172 valence electrons. The largest absolute Gasteiger partial charge is 0.415 e. The van der Waals surface area contributed by atoms with Gasteiger partial charge in [0.1, 0.15) is 5.69 Å². The van der Waals surface area contributed by atoms with Gasteiger partial charge in [0, 0.05) is 19.1 Å². The van der Waals surface area contributed by atoms with Crippen LogP contribution >= 0.6 is 0 Å². The van der Waals surface area contributed by atoms with E-state index >= 15 is 0 Å². The molecular weight excluding hydrogens is 438 g/mol. The van der Waals surface area contributed by atoms with Crippen LogP contribution < -0.4 is 5.32 Å². The Balaban J connectivity index is 0.00000324. The molecule has 0 aliphatic carbocycles. The molecule has 0 amide bonds. The van der Waals surface area contributed by atoms with Crippen LogP contribution in [0.4, 0.5) is 0 Å². The Bertz CT molecular complexity index is 1390. The summed E-state index contributed by atoms with van der Waals surface area (Å²) in [6, 6.07) is 14.5. The topological polar surface area (TPSA) is 111 Å². The van der Waals surface area contributed by atoms with E-state index in [1.54, 1.807) is 44.3 Å². The molecule has 0 atom stereocenters. The van der Waals surface area contributed by atoms with Crippen LogP contribution in [0.15, 0.2) is 64.0 Å². The predicted octanol–water partition coefficient (Wildman–Crippen LogP) is 4.32. The van der Waals surface area contributed by atoms with E-state index in [9.17, 15) is 8.42 Å². The molecule has 0 radical (unpaired) electrons. The zero-order valence-electron chi connectivity index (χ0n) is 18.9. The molecule has 33 heavy (non-hydrogen) atoms. The van der Waals surface area contributed by atoms with Gasteiger partial charge < -0.3 is 9.73 Å². The van der Waals surface area contributed by atoms with Crippen molar-refractivity contribution in [2.45, 2.75) is 37.5 Å². The van der Waals surface area contributed by atoms with Crippen molar-refractivity contribution in [2.24, 2.45) is 0 Å². The molecule has 4 aromatic rings. The van der Waals surface area contributed by atoms with Crippen LogP contribution in [0.2, 0.25) is 0 Å². The predicted molar refractivity (Wildman–Crippen MR) is 128 cm³/mol. The second-order valence-electron chi connectivity index (χ2n) is 7.95. The van der Waals surface area contributed by atoms with E-state index < -0.39 is 15.1 Å². The van der Waals surface area contributed by atoms with E-state index in [-0.39, 0.29) is 12.2 Å². The molecule has 2 aromatic carbocycles. The van der Waals surface area contributed by atoms with Gasteiger partial charge in [-0.3, -0.25) is 4.98 Å². The number of rotatable bonds is 7. The number of aryl methyl sites for hydroxylation is 1. The number of hydrogen-bond acceptors (Lipinski definition) is 8. The van der Waals surface area contributed by atoms with Crippen LogP contribution in [0, 0.1) is 6.92 Å². The average Bonchev–Trinajstić information content (AvgIpc) is 3.30.